The van der Waals surface area contributed by atoms with Gasteiger partial charge in [-0.2, -0.15) is 5.10 Å². The van der Waals surface area contributed by atoms with Gasteiger partial charge < -0.3 is 5.73 Å². The summed E-state index contributed by atoms with van der Waals surface area (Å²) in [5.74, 6) is 0.480. The number of nitrogen functional groups attached to an aromatic ring is 1. The second-order valence-electron chi connectivity index (χ2n) is 3.43. The van der Waals surface area contributed by atoms with Crippen LogP contribution in [0.25, 0.3) is 5.69 Å². The van der Waals surface area contributed by atoms with Gasteiger partial charge >= 0.3 is 0 Å². The van der Waals surface area contributed by atoms with Gasteiger partial charge in [-0.15, -0.1) is 0 Å². The molecule has 0 radical (unpaired) electrons. The van der Waals surface area contributed by atoms with Crippen LogP contribution in [0.2, 0.25) is 0 Å². The van der Waals surface area contributed by atoms with E-state index in [-0.39, 0.29) is 0 Å². The molecule has 0 aliphatic carbocycles. The van der Waals surface area contributed by atoms with Crippen molar-refractivity contribution in [2.75, 3.05) is 5.73 Å². The van der Waals surface area contributed by atoms with Crippen molar-refractivity contribution in [3.63, 3.8) is 0 Å². The molecule has 5 heteroatoms. The summed E-state index contributed by atoms with van der Waals surface area (Å²) in [7, 11) is 0. The van der Waals surface area contributed by atoms with Crippen LogP contribution in [0.1, 0.15) is 19.9 Å². The molecule has 5 nitrogen and oxygen atoms in total. The highest BCUT2D eigenvalue weighted by Gasteiger charge is 2.05. The van der Waals surface area contributed by atoms with Gasteiger partial charge in [-0.05, 0) is 13.8 Å². The molecule has 0 unspecified atom stereocenters. The van der Waals surface area contributed by atoms with E-state index in [4.69, 9.17) is 5.73 Å². The fourth-order valence-electron chi connectivity index (χ4n) is 1.27. The molecular formula is C9H13N5. The van der Waals surface area contributed by atoms with Crippen LogP contribution in [0, 0.1) is 0 Å². The van der Waals surface area contributed by atoms with Gasteiger partial charge in [0.1, 0.15) is 0 Å². The van der Waals surface area contributed by atoms with E-state index in [0.717, 1.165) is 5.69 Å². The van der Waals surface area contributed by atoms with Gasteiger partial charge in [-0.25, -0.2) is 4.98 Å². The molecule has 0 saturated heterocycles. The van der Waals surface area contributed by atoms with Crippen molar-refractivity contribution >= 4 is 5.95 Å². The molecule has 0 saturated carbocycles. The van der Waals surface area contributed by atoms with E-state index in [0.29, 0.717) is 12.0 Å². The zero-order valence-electron chi connectivity index (χ0n) is 8.25. The van der Waals surface area contributed by atoms with Crippen LogP contribution in [0.3, 0.4) is 0 Å². The van der Waals surface area contributed by atoms with Crippen molar-refractivity contribution < 1.29 is 0 Å². The van der Waals surface area contributed by atoms with Crippen LogP contribution in [-0.2, 0) is 0 Å². The van der Waals surface area contributed by atoms with Gasteiger partial charge in [0, 0.05) is 24.6 Å². The molecule has 0 aliphatic rings. The number of nitrogens with zero attached hydrogens (tertiary/aromatic N) is 4. The van der Waals surface area contributed by atoms with E-state index in [9.17, 15) is 0 Å². The van der Waals surface area contributed by atoms with Gasteiger partial charge in [-0.1, -0.05) is 0 Å². The summed E-state index contributed by atoms with van der Waals surface area (Å²) in [6.45, 7) is 4.15. The third-order valence-electron chi connectivity index (χ3n) is 2.06. The summed E-state index contributed by atoms with van der Waals surface area (Å²) in [5, 5.41) is 4.23. The molecule has 0 fully saturated rings. The van der Waals surface area contributed by atoms with E-state index >= 15 is 0 Å². The lowest BCUT2D eigenvalue weighted by molar-refractivity contribution is 0.532. The van der Waals surface area contributed by atoms with Crippen molar-refractivity contribution in [3.8, 4) is 5.69 Å². The zero-order chi connectivity index (χ0) is 10.1. The molecule has 0 atom stereocenters. The maximum absolute atomic E-state index is 5.67. The van der Waals surface area contributed by atoms with Crippen molar-refractivity contribution in [1.29, 1.82) is 0 Å². The van der Waals surface area contributed by atoms with Gasteiger partial charge in [-0.3, -0.25) is 9.25 Å². The standard InChI is InChI=1S/C9H13N5/c1-7(2)14-6-8(5-12-14)13-4-3-11-9(13)10/h3-7H,1-2H3,(H2,10,11). The summed E-state index contributed by atoms with van der Waals surface area (Å²) in [6.07, 6.45) is 7.21. The molecule has 74 valence electrons. The first-order chi connectivity index (χ1) is 6.68. The lowest BCUT2D eigenvalue weighted by atomic mass is 10.4. The van der Waals surface area contributed by atoms with Crippen molar-refractivity contribution in [3.05, 3.63) is 24.8 Å². The highest BCUT2D eigenvalue weighted by atomic mass is 15.3. The minimum Gasteiger partial charge on any atom is -0.369 e. The lowest BCUT2D eigenvalue weighted by Gasteiger charge is -2.03. The Hall–Kier alpha value is -1.78. The van der Waals surface area contributed by atoms with E-state index in [2.05, 4.69) is 23.9 Å². The number of imidazole rings is 1. The molecule has 14 heavy (non-hydrogen) atoms. The SMILES string of the molecule is CC(C)n1cc(-n2ccnc2N)cn1. The van der Waals surface area contributed by atoms with E-state index in [1.54, 1.807) is 17.0 Å². The highest BCUT2D eigenvalue weighted by molar-refractivity contribution is 5.35. The smallest absolute Gasteiger partial charge is 0.204 e. The second kappa shape index (κ2) is 3.17. The summed E-state index contributed by atoms with van der Waals surface area (Å²) in [5.41, 5.74) is 6.61. The number of nitrogens with two attached hydrogens (primary N) is 1. The topological polar surface area (TPSA) is 61.7 Å². The molecule has 0 aliphatic heterocycles. The normalized spacial score (nSPS) is 11.1. The Morgan fingerprint density at radius 1 is 1.43 bits per heavy atom. The summed E-state index contributed by atoms with van der Waals surface area (Å²) < 4.78 is 3.68. The quantitative estimate of drug-likeness (QED) is 0.776. The van der Waals surface area contributed by atoms with Crippen LogP contribution in [0.15, 0.2) is 24.8 Å². The minimum atomic E-state index is 0.355. The summed E-state index contributed by atoms with van der Waals surface area (Å²) >= 11 is 0. The predicted octanol–water partition coefficient (Wildman–Crippen LogP) is 1.23. The molecule has 2 N–H and O–H groups in total. The third kappa shape index (κ3) is 1.37. The number of rotatable bonds is 2. The molecule has 2 rings (SSSR count). The largest absolute Gasteiger partial charge is 0.369 e. The average molecular weight is 191 g/mol. The van der Waals surface area contributed by atoms with Crippen molar-refractivity contribution in [1.82, 2.24) is 19.3 Å². The van der Waals surface area contributed by atoms with E-state index < -0.39 is 0 Å². The van der Waals surface area contributed by atoms with Gasteiger partial charge in [0.15, 0.2) is 0 Å². The van der Waals surface area contributed by atoms with Crippen LogP contribution in [0.4, 0.5) is 5.95 Å². The Morgan fingerprint density at radius 2 is 2.21 bits per heavy atom. The molecule has 0 aromatic carbocycles. The predicted molar refractivity (Wildman–Crippen MR) is 54.1 cm³/mol. The second-order valence-corrected chi connectivity index (χ2v) is 3.43. The van der Waals surface area contributed by atoms with Crippen LogP contribution in [-0.4, -0.2) is 19.3 Å². The Balaban J connectivity index is 2.39. The maximum Gasteiger partial charge on any atom is 0.204 e. The first-order valence-electron chi connectivity index (χ1n) is 4.52. The molecule has 0 spiro atoms. The van der Waals surface area contributed by atoms with Crippen molar-refractivity contribution in [2.45, 2.75) is 19.9 Å². The number of aromatic nitrogens is 4. The molecule has 2 aromatic heterocycles. The molecular weight excluding hydrogens is 178 g/mol. The van der Waals surface area contributed by atoms with Crippen LogP contribution >= 0.6 is 0 Å². The first kappa shape index (κ1) is 8.80. The summed E-state index contributed by atoms with van der Waals surface area (Å²) in [6, 6.07) is 0.355. The van der Waals surface area contributed by atoms with Crippen LogP contribution in [0.5, 0.6) is 0 Å². The monoisotopic (exact) mass is 191 g/mol. The molecule has 0 bridgehead atoms. The fourth-order valence-corrected chi connectivity index (χ4v) is 1.27. The Labute approximate surface area is 82.2 Å². The minimum absolute atomic E-state index is 0.355. The Kier molecular flexibility index (Phi) is 1.99. The maximum atomic E-state index is 5.67. The van der Waals surface area contributed by atoms with Gasteiger partial charge in [0.2, 0.25) is 5.95 Å². The molecule has 2 aromatic rings. The van der Waals surface area contributed by atoms with Crippen molar-refractivity contribution in [2.24, 2.45) is 0 Å². The van der Waals surface area contributed by atoms with Gasteiger partial charge in [0.05, 0.1) is 11.9 Å². The van der Waals surface area contributed by atoms with Crippen LogP contribution < -0.4 is 5.73 Å². The summed E-state index contributed by atoms with van der Waals surface area (Å²) in [4.78, 5) is 3.95. The third-order valence-corrected chi connectivity index (χ3v) is 2.06. The Morgan fingerprint density at radius 3 is 2.71 bits per heavy atom. The van der Waals surface area contributed by atoms with E-state index in [1.165, 1.54) is 0 Å². The average Bonchev–Trinajstić information content (AvgIpc) is 2.71. The molecule has 0 amide bonds. The van der Waals surface area contributed by atoms with E-state index in [1.807, 2.05) is 17.1 Å². The molecule has 2 heterocycles. The van der Waals surface area contributed by atoms with Gasteiger partial charge in [0.25, 0.3) is 0 Å². The lowest BCUT2D eigenvalue weighted by Crippen LogP contribution is -2.01. The Bertz CT molecular complexity index is 426. The first-order valence-corrected chi connectivity index (χ1v) is 4.52. The zero-order valence-corrected chi connectivity index (χ0v) is 8.25. The fraction of sp³-hybridized carbons (Fsp3) is 0.333. The number of hydrogen-bond donors (Lipinski definition) is 1. The number of hydrogen-bond acceptors (Lipinski definition) is 3. The highest BCUT2D eigenvalue weighted by Crippen LogP contribution is 2.12. The number of anilines is 1.